The normalized spacial score (nSPS) is 16.7. The van der Waals surface area contributed by atoms with Crippen molar-refractivity contribution < 1.29 is 33.3 Å². The number of hydrogen-bond acceptors (Lipinski definition) is 7. The van der Waals surface area contributed by atoms with E-state index in [2.05, 4.69) is 26.1 Å². The number of nitrogens with zero attached hydrogens (tertiary/aromatic N) is 1. The second kappa shape index (κ2) is 17.1. The van der Waals surface area contributed by atoms with Gasteiger partial charge in [-0.25, -0.2) is 0 Å². The molecule has 1 fully saturated rings. The highest BCUT2D eigenvalue weighted by molar-refractivity contribution is 6.03. The van der Waals surface area contributed by atoms with E-state index in [0.717, 1.165) is 25.8 Å². The molecule has 1 saturated heterocycles. The summed E-state index contributed by atoms with van der Waals surface area (Å²) < 4.78 is 21.8. The first-order valence-electron chi connectivity index (χ1n) is 13.3. The second-order valence-corrected chi connectivity index (χ2v) is 11.6. The van der Waals surface area contributed by atoms with Crippen LogP contribution in [-0.2, 0) is 33.3 Å². The van der Waals surface area contributed by atoms with Gasteiger partial charge in [-0.15, -0.1) is 0 Å². The van der Waals surface area contributed by atoms with Crippen molar-refractivity contribution in [3.8, 4) is 0 Å². The number of hydrogen-bond donors (Lipinski definition) is 1. The third kappa shape index (κ3) is 14.9. The molecule has 0 aliphatic carbocycles. The zero-order chi connectivity index (χ0) is 27.0. The summed E-state index contributed by atoms with van der Waals surface area (Å²) in [6.07, 6.45) is 3.93. The minimum atomic E-state index is -0.253. The average molecular weight is 515 g/mol. The van der Waals surface area contributed by atoms with Crippen LogP contribution >= 0.6 is 0 Å². The van der Waals surface area contributed by atoms with Gasteiger partial charge in [0.15, 0.2) is 0 Å². The van der Waals surface area contributed by atoms with Gasteiger partial charge in [-0.05, 0) is 23.7 Å². The maximum absolute atomic E-state index is 12.4. The van der Waals surface area contributed by atoms with E-state index in [1.165, 1.54) is 4.90 Å². The Bertz CT molecular complexity index is 655. The number of amides is 3. The molecule has 1 rings (SSSR count). The summed E-state index contributed by atoms with van der Waals surface area (Å²) in [5.74, 6) is -0.448. The van der Waals surface area contributed by atoms with Gasteiger partial charge < -0.3 is 24.3 Å². The second-order valence-electron chi connectivity index (χ2n) is 11.6. The molecule has 1 heterocycles. The highest BCUT2D eigenvalue weighted by Gasteiger charge is 2.44. The average Bonchev–Trinajstić information content (AvgIpc) is 3.06. The lowest BCUT2D eigenvalue weighted by Crippen LogP contribution is -2.36. The topological polar surface area (TPSA) is 103 Å². The summed E-state index contributed by atoms with van der Waals surface area (Å²) in [7, 11) is 0. The van der Waals surface area contributed by atoms with Crippen molar-refractivity contribution >= 4 is 17.7 Å². The van der Waals surface area contributed by atoms with Crippen LogP contribution in [0.15, 0.2) is 0 Å². The maximum atomic E-state index is 12.4. The van der Waals surface area contributed by atoms with Crippen LogP contribution in [0.1, 0.15) is 73.6 Å². The van der Waals surface area contributed by atoms with Gasteiger partial charge in [0.05, 0.1) is 65.3 Å². The molecule has 1 aliphatic rings. The fourth-order valence-electron chi connectivity index (χ4n) is 3.77. The molecular formula is C27H50N2O7. The van der Waals surface area contributed by atoms with Crippen LogP contribution in [0.5, 0.6) is 0 Å². The van der Waals surface area contributed by atoms with Crippen molar-refractivity contribution in [2.45, 2.75) is 73.6 Å². The van der Waals surface area contributed by atoms with E-state index in [1.54, 1.807) is 0 Å². The van der Waals surface area contributed by atoms with Crippen LogP contribution in [0.4, 0.5) is 0 Å². The minimum absolute atomic E-state index is 0.0232. The molecule has 1 aliphatic heterocycles. The number of carbonyl (C=O) groups is 3. The lowest BCUT2D eigenvalue weighted by atomic mass is 9.80. The summed E-state index contributed by atoms with van der Waals surface area (Å²) >= 11 is 0. The largest absolute Gasteiger partial charge is 0.379 e. The number of ether oxygens (including phenoxy) is 4. The molecule has 3 amide bonds. The van der Waals surface area contributed by atoms with E-state index in [9.17, 15) is 14.4 Å². The Morgan fingerprint density at radius 2 is 1.36 bits per heavy atom. The van der Waals surface area contributed by atoms with Crippen LogP contribution in [0.25, 0.3) is 0 Å². The predicted molar refractivity (Wildman–Crippen MR) is 138 cm³/mol. The summed E-state index contributed by atoms with van der Waals surface area (Å²) in [6, 6.07) is 0. The highest BCUT2D eigenvalue weighted by atomic mass is 16.6. The van der Waals surface area contributed by atoms with Crippen molar-refractivity contribution in [3.05, 3.63) is 0 Å². The quantitative estimate of drug-likeness (QED) is 0.209. The standard InChI is InChI=1S/C27H50N2O7/c1-26(2,3)10-7-8-11-28-23(30)9-13-33-15-17-35-19-20-36-18-16-34-14-12-29-24(31)21-22(25(29)32)27(4,5)6/h22H,7-21H2,1-6H3,(H,28,30)/t22-/m0/s1. The molecule has 0 spiro atoms. The Kier molecular flexibility index (Phi) is 15.4. The highest BCUT2D eigenvalue weighted by Crippen LogP contribution is 2.35. The monoisotopic (exact) mass is 514 g/mol. The number of carbonyl (C=O) groups excluding carboxylic acids is 3. The molecule has 210 valence electrons. The van der Waals surface area contributed by atoms with Gasteiger partial charge in [0.1, 0.15) is 0 Å². The Morgan fingerprint density at radius 1 is 0.833 bits per heavy atom. The van der Waals surface area contributed by atoms with Crippen LogP contribution in [-0.4, -0.2) is 88.6 Å². The molecule has 9 nitrogen and oxygen atoms in total. The first-order valence-corrected chi connectivity index (χ1v) is 13.3. The van der Waals surface area contributed by atoms with Gasteiger partial charge in [0, 0.05) is 19.4 Å². The number of rotatable bonds is 19. The van der Waals surface area contributed by atoms with Crippen molar-refractivity contribution in [2.75, 3.05) is 65.9 Å². The van der Waals surface area contributed by atoms with Gasteiger partial charge >= 0.3 is 0 Å². The van der Waals surface area contributed by atoms with Gasteiger partial charge in [-0.3, -0.25) is 19.3 Å². The Hall–Kier alpha value is -1.55. The maximum Gasteiger partial charge on any atom is 0.233 e. The van der Waals surface area contributed by atoms with Crippen LogP contribution in [0, 0.1) is 16.7 Å². The Morgan fingerprint density at radius 3 is 1.86 bits per heavy atom. The van der Waals surface area contributed by atoms with Gasteiger partial charge in [0.25, 0.3) is 0 Å². The third-order valence-corrected chi connectivity index (χ3v) is 6.01. The van der Waals surface area contributed by atoms with Crippen molar-refractivity contribution in [2.24, 2.45) is 16.7 Å². The molecular weight excluding hydrogens is 464 g/mol. The van der Waals surface area contributed by atoms with E-state index in [4.69, 9.17) is 18.9 Å². The first-order chi connectivity index (χ1) is 16.9. The molecule has 0 unspecified atom stereocenters. The summed E-state index contributed by atoms with van der Waals surface area (Å²) in [6.45, 7) is 16.9. The number of likely N-dealkylation sites (tertiary alicyclic amines) is 1. The van der Waals surface area contributed by atoms with Crippen molar-refractivity contribution in [3.63, 3.8) is 0 Å². The first kappa shape index (κ1) is 32.5. The van der Waals surface area contributed by atoms with Crippen molar-refractivity contribution in [1.29, 1.82) is 0 Å². The lowest BCUT2D eigenvalue weighted by Gasteiger charge is -2.24. The molecule has 36 heavy (non-hydrogen) atoms. The molecule has 0 aromatic carbocycles. The molecule has 0 radical (unpaired) electrons. The molecule has 1 N–H and O–H groups in total. The van der Waals surface area contributed by atoms with Gasteiger partial charge in [-0.2, -0.15) is 0 Å². The number of unbranched alkanes of at least 4 members (excludes halogenated alkanes) is 1. The van der Waals surface area contributed by atoms with Crippen molar-refractivity contribution in [1.82, 2.24) is 10.2 Å². The molecule has 0 aromatic rings. The minimum Gasteiger partial charge on any atom is -0.379 e. The smallest absolute Gasteiger partial charge is 0.233 e. The third-order valence-electron chi connectivity index (χ3n) is 6.01. The fourth-order valence-corrected chi connectivity index (χ4v) is 3.77. The summed E-state index contributed by atoms with van der Waals surface area (Å²) in [4.78, 5) is 37.6. The summed E-state index contributed by atoms with van der Waals surface area (Å²) in [5.41, 5.74) is 0.129. The van der Waals surface area contributed by atoms with Gasteiger partial charge in [-0.1, -0.05) is 48.0 Å². The van der Waals surface area contributed by atoms with E-state index in [1.807, 2.05) is 20.8 Å². The molecule has 0 aromatic heterocycles. The number of nitrogens with one attached hydrogen (secondary N) is 1. The predicted octanol–water partition coefficient (Wildman–Crippen LogP) is 3.20. The van der Waals surface area contributed by atoms with E-state index in [0.29, 0.717) is 64.7 Å². The zero-order valence-corrected chi connectivity index (χ0v) is 23.5. The Labute approximate surface area is 217 Å². The zero-order valence-electron chi connectivity index (χ0n) is 23.5. The van der Waals surface area contributed by atoms with Crippen LogP contribution in [0.2, 0.25) is 0 Å². The number of imide groups is 1. The molecule has 0 saturated carbocycles. The van der Waals surface area contributed by atoms with E-state index in [-0.39, 0.29) is 42.0 Å². The molecule has 0 bridgehead atoms. The fraction of sp³-hybridized carbons (Fsp3) is 0.889. The lowest BCUT2D eigenvalue weighted by molar-refractivity contribution is -0.141. The summed E-state index contributed by atoms with van der Waals surface area (Å²) in [5, 5.41) is 2.93. The van der Waals surface area contributed by atoms with E-state index < -0.39 is 0 Å². The molecule has 9 heteroatoms. The Balaban J connectivity index is 1.86. The van der Waals surface area contributed by atoms with Gasteiger partial charge in [0.2, 0.25) is 17.7 Å². The van der Waals surface area contributed by atoms with Crippen LogP contribution in [0.3, 0.4) is 0 Å². The molecule has 1 atom stereocenters. The van der Waals surface area contributed by atoms with Crippen LogP contribution < -0.4 is 5.32 Å². The SMILES string of the molecule is CC(C)(C)CCCCNC(=O)CCOCCOCCOCCOCCN1C(=O)C[C@H](C(C)(C)C)C1=O. The van der Waals surface area contributed by atoms with E-state index >= 15 is 0 Å².